The van der Waals surface area contributed by atoms with Gasteiger partial charge in [-0.25, -0.2) is 0 Å². The van der Waals surface area contributed by atoms with Crippen LogP contribution in [0.1, 0.15) is 28.9 Å². The van der Waals surface area contributed by atoms with Crippen LogP contribution in [0.3, 0.4) is 0 Å². The first kappa shape index (κ1) is 13.8. The Labute approximate surface area is 123 Å². The normalized spacial score (nSPS) is 22.2. The van der Waals surface area contributed by atoms with Gasteiger partial charge < -0.3 is 10.0 Å². The summed E-state index contributed by atoms with van der Waals surface area (Å²) < 4.78 is 0. The molecule has 1 aliphatic heterocycles. The van der Waals surface area contributed by atoms with E-state index in [1.54, 1.807) is 17.2 Å². The Balaban J connectivity index is 1.81. The van der Waals surface area contributed by atoms with Gasteiger partial charge in [0, 0.05) is 12.7 Å². The van der Waals surface area contributed by atoms with E-state index >= 15 is 0 Å². The molecule has 5 heteroatoms. The molecular formula is C16H19N3O2. The van der Waals surface area contributed by atoms with Gasteiger partial charge in [0.1, 0.15) is 5.69 Å². The summed E-state index contributed by atoms with van der Waals surface area (Å²) in [5, 5.41) is 16.9. The van der Waals surface area contributed by atoms with E-state index in [-0.39, 0.29) is 11.9 Å². The predicted octanol–water partition coefficient (Wildman–Crippen LogP) is 1.62. The summed E-state index contributed by atoms with van der Waals surface area (Å²) in [5.41, 5.74) is 1.60. The lowest BCUT2D eigenvalue weighted by Crippen LogP contribution is -2.52. The molecule has 1 saturated heterocycles. The van der Waals surface area contributed by atoms with Crippen LogP contribution in [0.2, 0.25) is 0 Å². The van der Waals surface area contributed by atoms with Gasteiger partial charge >= 0.3 is 0 Å². The Morgan fingerprint density at radius 3 is 2.86 bits per heavy atom. The van der Waals surface area contributed by atoms with Gasteiger partial charge in [-0.1, -0.05) is 30.3 Å². The lowest BCUT2D eigenvalue weighted by atomic mass is 9.92. The zero-order valence-electron chi connectivity index (χ0n) is 11.8. The Morgan fingerprint density at radius 2 is 2.14 bits per heavy atom. The second-order valence-corrected chi connectivity index (χ2v) is 5.44. The number of hydrogen-bond donors (Lipinski definition) is 2. The van der Waals surface area contributed by atoms with Crippen LogP contribution in [-0.4, -0.2) is 44.8 Å². The van der Waals surface area contributed by atoms with E-state index in [0.29, 0.717) is 18.7 Å². The molecule has 1 aliphatic rings. The predicted molar refractivity (Wildman–Crippen MR) is 78.8 cm³/mol. The number of rotatable bonds is 3. The van der Waals surface area contributed by atoms with Gasteiger partial charge in [-0.05, 0) is 30.9 Å². The average molecular weight is 285 g/mol. The number of aromatic nitrogens is 2. The summed E-state index contributed by atoms with van der Waals surface area (Å²) in [6.45, 7) is 0.673. The number of carbonyl (C=O) groups is 1. The van der Waals surface area contributed by atoms with Crippen molar-refractivity contribution >= 4 is 5.91 Å². The van der Waals surface area contributed by atoms with Crippen LogP contribution in [0.5, 0.6) is 0 Å². The van der Waals surface area contributed by atoms with Crippen LogP contribution in [-0.2, 0) is 6.42 Å². The first-order valence-corrected chi connectivity index (χ1v) is 7.28. The molecule has 0 radical (unpaired) electrons. The highest BCUT2D eigenvalue weighted by atomic mass is 16.3. The molecule has 1 aromatic carbocycles. The highest BCUT2D eigenvalue weighted by Gasteiger charge is 2.34. The number of H-pyrrole nitrogens is 1. The molecule has 1 aromatic heterocycles. The minimum Gasteiger partial charge on any atom is -0.391 e. The molecular weight excluding hydrogens is 266 g/mol. The molecule has 0 bridgehead atoms. The summed E-state index contributed by atoms with van der Waals surface area (Å²) in [4.78, 5) is 14.3. The van der Waals surface area contributed by atoms with Crippen LogP contribution in [0.15, 0.2) is 42.6 Å². The maximum atomic E-state index is 12.6. The van der Waals surface area contributed by atoms with E-state index in [4.69, 9.17) is 0 Å². The topological polar surface area (TPSA) is 69.2 Å². The molecule has 0 saturated carbocycles. The van der Waals surface area contributed by atoms with Crippen molar-refractivity contribution in [2.75, 3.05) is 6.54 Å². The Bertz CT molecular complexity index is 583. The van der Waals surface area contributed by atoms with Gasteiger partial charge in [0.15, 0.2) is 0 Å². The third-order valence-corrected chi connectivity index (χ3v) is 4.02. The maximum absolute atomic E-state index is 12.6. The number of aromatic amines is 1. The van der Waals surface area contributed by atoms with Gasteiger partial charge in [-0.15, -0.1) is 0 Å². The van der Waals surface area contributed by atoms with E-state index in [2.05, 4.69) is 10.2 Å². The first-order valence-electron chi connectivity index (χ1n) is 7.28. The van der Waals surface area contributed by atoms with Gasteiger partial charge in [0.2, 0.25) is 0 Å². The zero-order valence-corrected chi connectivity index (χ0v) is 11.8. The first-order chi connectivity index (χ1) is 10.3. The molecule has 2 N–H and O–H groups in total. The molecule has 2 atom stereocenters. The summed E-state index contributed by atoms with van der Waals surface area (Å²) >= 11 is 0. The highest BCUT2D eigenvalue weighted by Crippen LogP contribution is 2.23. The number of amides is 1. The molecule has 2 heterocycles. The third-order valence-electron chi connectivity index (χ3n) is 4.02. The monoisotopic (exact) mass is 285 g/mol. The van der Waals surface area contributed by atoms with Crippen molar-refractivity contribution in [1.82, 2.24) is 15.1 Å². The van der Waals surface area contributed by atoms with Crippen molar-refractivity contribution in [2.45, 2.75) is 31.4 Å². The molecule has 21 heavy (non-hydrogen) atoms. The number of piperidine rings is 1. The van der Waals surface area contributed by atoms with Crippen molar-refractivity contribution in [3.05, 3.63) is 53.9 Å². The zero-order chi connectivity index (χ0) is 14.7. The fourth-order valence-electron chi connectivity index (χ4n) is 2.92. The SMILES string of the molecule is O=C(c1ccn[nH]1)N1CCC[C@H](O)[C@@H]1Cc1ccccc1. The number of nitrogens with zero attached hydrogens (tertiary/aromatic N) is 2. The number of likely N-dealkylation sites (tertiary alicyclic amines) is 1. The molecule has 0 unspecified atom stereocenters. The molecule has 1 fully saturated rings. The van der Waals surface area contributed by atoms with Gasteiger partial charge in [0.05, 0.1) is 12.1 Å². The molecule has 0 spiro atoms. The summed E-state index contributed by atoms with van der Waals surface area (Å²) in [6, 6.07) is 11.5. The average Bonchev–Trinajstić information content (AvgIpc) is 3.04. The van der Waals surface area contributed by atoms with Crippen molar-refractivity contribution in [2.24, 2.45) is 0 Å². The number of aliphatic hydroxyl groups is 1. The van der Waals surface area contributed by atoms with Crippen LogP contribution >= 0.6 is 0 Å². The third kappa shape index (κ3) is 2.97. The second kappa shape index (κ2) is 6.10. The van der Waals surface area contributed by atoms with E-state index in [9.17, 15) is 9.90 Å². The van der Waals surface area contributed by atoms with E-state index in [0.717, 1.165) is 18.4 Å². The van der Waals surface area contributed by atoms with Crippen molar-refractivity contribution < 1.29 is 9.90 Å². The minimum absolute atomic E-state index is 0.0906. The Kier molecular flexibility index (Phi) is 4.01. The standard InChI is InChI=1S/C16H19N3O2/c20-15-7-4-10-19(16(21)13-8-9-17-18-13)14(15)11-12-5-2-1-3-6-12/h1-3,5-6,8-9,14-15,20H,4,7,10-11H2,(H,17,18)/t14-,15-/m0/s1. The van der Waals surface area contributed by atoms with Crippen LogP contribution < -0.4 is 0 Å². The quantitative estimate of drug-likeness (QED) is 0.900. The molecule has 5 nitrogen and oxygen atoms in total. The fraction of sp³-hybridized carbons (Fsp3) is 0.375. The van der Waals surface area contributed by atoms with E-state index in [1.807, 2.05) is 30.3 Å². The smallest absolute Gasteiger partial charge is 0.272 e. The van der Waals surface area contributed by atoms with Gasteiger partial charge in [-0.3, -0.25) is 9.89 Å². The fourth-order valence-corrected chi connectivity index (χ4v) is 2.92. The Morgan fingerprint density at radius 1 is 1.33 bits per heavy atom. The van der Waals surface area contributed by atoms with E-state index < -0.39 is 6.10 Å². The van der Waals surface area contributed by atoms with Crippen LogP contribution in [0, 0.1) is 0 Å². The summed E-state index contributed by atoms with van der Waals surface area (Å²) in [6.07, 6.45) is 3.32. The second-order valence-electron chi connectivity index (χ2n) is 5.44. The van der Waals surface area contributed by atoms with E-state index in [1.165, 1.54) is 0 Å². The van der Waals surface area contributed by atoms with Gasteiger partial charge in [-0.2, -0.15) is 5.10 Å². The molecule has 0 aliphatic carbocycles. The van der Waals surface area contributed by atoms with Crippen LogP contribution in [0.25, 0.3) is 0 Å². The molecule has 110 valence electrons. The van der Waals surface area contributed by atoms with Crippen molar-refractivity contribution in [3.63, 3.8) is 0 Å². The lowest BCUT2D eigenvalue weighted by Gasteiger charge is -2.39. The highest BCUT2D eigenvalue weighted by molar-refractivity contribution is 5.92. The summed E-state index contributed by atoms with van der Waals surface area (Å²) in [7, 11) is 0. The number of nitrogens with one attached hydrogen (secondary N) is 1. The number of aliphatic hydroxyl groups excluding tert-OH is 1. The number of benzene rings is 1. The maximum Gasteiger partial charge on any atom is 0.272 e. The van der Waals surface area contributed by atoms with Crippen molar-refractivity contribution in [1.29, 1.82) is 0 Å². The van der Waals surface area contributed by atoms with Crippen LogP contribution in [0.4, 0.5) is 0 Å². The number of carbonyl (C=O) groups excluding carboxylic acids is 1. The largest absolute Gasteiger partial charge is 0.391 e. The molecule has 3 rings (SSSR count). The Hall–Kier alpha value is -2.14. The van der Waals surface area contributed by atoms with Crippen molar-refractivity contribution in [3.8, 4) is 0 Å². The number of hydrogen-bond acceptors (Lipinski definition) is 3. The lowest BCUT2D eigenvalue weighted by molar-refractivity contribution is 0.0115. The molecule has 1 amide bonds. The minimum atomic E-state index is -0.481. The summed E-state index contributed by atoms with van der Waals surface area (Å²) in [5.74, 6) is -0.0906. The van der Waals surface area contributed by atoms with Gasteiger partial charge in [0.25, 0.3) is 5.91 Å². The molecule has 2 aromatic rings.